The first kappa shape index (κ1) is 14.9. The number of nitrogens with zero attached hydrogens (tertiary/aromatic N) is 2. The van der Waals surface area contributed by atoms with Gasteiger partial charge in [-0.2, -0.15) is 4.98 Å². The van der Waals surface area contributed by atoms with Gasteiger partial charge in [0.2, 0.25) is 5.89 Å². The number of aliphatic carboxylic acids is 1. The highest BCUT2D eigenvalue weighted by molar-refractivity contribution is 7.99. The van der Waals surface area contributed by atoms with Crippen LogP contribution in [0.15, 0.2) is 33.7 Å². The fourth-order valence-electron chi connectivity index (χ4n) is 1.49. The van der Waals surface area contributed by atoms with Gasteiger partial charge in [0.15, 0.2) is 5.82 Å². The average molecular weight is 310 g/mol. The van der Waals surface area contributed by atoms with Crippen molar-refractivity contribution in [3.05, 3.63) is 41.5 Å². The summed E-state index contributed by atoms with van der Waals surface area (Å²) in [6.07, 6.45) is 0. The van der Waals surface area contributed by atoms with Gasteiger partial charge in [-0.3, -0.25) is 4.79 Å². The lowest BCUT2D eigenvalue weighted by Crippen LogP contribution is -1.98. The Kier molecular flexibility index (Phi) is 5.49. The molecule has 20 heavy (non-hydrogen) atoms. The minimum atomic E-state index is -0.843. The van der Waals surface area contributed by atoms with Crippen LogP contribution in [-0.2, 0) is 16.3 Å². The molecule has 0 fully saturated rings. The summed E-state index contributed by atoms with van der Waals surface area (Å²) < 4.78 is 5.07. The number of aryl methyl sites for hydroxylation is 1. The number of hydrogen-bond acceptors (Lipinski definition) is 6. The first-order chi connectivity index (χ1) is 9.63. The Hall–Kier alpha value is -1.47. The molecule has 0 unspecified atom stereocenters. The van der Waals surface area contributed by atoms with Crippen LogP contribution in [0.3, 0.4) is 0 Å². The highest BCUT2D eigenvalue weighted by Gasteiger charge is 2.08. The molecule has 0 bridgehead atoms. The molecular weight excluding hydrogens is 296 g/mol. The second-order valence-corrected chi connectivity index (χ2v) is 6.13. The normalized spacial score (nSPS) is 10.7. The standard InChI is InChI=1S/C13H14N2O3S2/c1-9-3-2-4-10(5-9)20-6-11-14-12(18-15-11)7-19-8-13(16)17/h2-5H,6-8H2,1H3,(H,16,17). The number of carbonyl (C=O) groups is 1. The molecule has 1 aromatic heterocycles. The highest BCUT2D eigenvalue weighted by Crippen LogP contribution is 2.22. The summed E-state index contributed by atoms with van der Waals surface area (Å²) in [4.78, 5) is 15.8. The Morgan fingerprint density at radius 3 is 3.00 bits per heavy atom. The van der Waals surface area contributed by atoms with Crippen molar-refractivity contribution >= 4 is 29.5 Å². The van der Waals surface area contributed by atoms with Crippen molar-refractivity contribution < 1.29 is 14.4 Å². The first-order valence-corrected chi connectivity index (χ1v) is 8.08. The molecule has 2 rings (SSSR count). The molecule has 0 aliphatic carbocycles. The van der Waals surface area contributed by atoms with Crippen LogP contribution in [-0.4, -0.2) is 27.0 Å². The van der Waals surface area contributed by atoms with Gasteiger partial charge in [-0.25, -0.2) is 0 Å². The van der Waals surface area contributed by atoms with Gasteiger partial charge >= 0.3 is 5.97 Å². The van der Waals surface area contributed by atoms with Crippen LogP contribution in [0.4, 0.5) is 0 Å². The molecule has 0 aliphatic rings. The molecule has 1 N–H and O–H groups in total. The zero-order chi connectivity index (χ0) is 14.4. The molecule has 0 atom stereocenters. The summed E-state index contributed by atoms with van der Waals surface area (Å²) in [5.74, 6) is 1.35. The van der Waals surface area contributed by atoms with Crippen molar-refractivity contribution in [2.24, 2.45) is 0 Å². The van der Waals surface area contributed by atoms with Crippen LogP contribution < -0.4 is 0 Å². The van der Waals surface area contributed by atoms with E-state index in [4.69, 9.17) is 9.63 Å². The van der Waals surface area contributed by atoms with E-state index in [2.05, 4.69) is 29.2 Å². The molecule has 0 saturated carbocycles. The van der Waals surface area contributed by atoms with Crippen LogP contribution in [0.25, 0.3) is 0 Å². The van der Waals surface area contributed by atoms with E-state index in [1.807, 2.05) is 12.1 Å². The van der Waals surface area contributed by atoms with Gasteiger partial charge in [-0.1, -0.05) is 22.9 Å². The van der Waals surface area contributed by atoms with E-state index in [0.29, 0.717) is 23.2 Å². The molecular formula is C13H14N2O3S2. The molecule has 7 heteroatoms. The SMILES string of the molecule is Cc1cccc(SCc2noc(CSCC(=O)O)n2)c1. The van der Waals surface area contributed by atoms with Crippen molar-refractivity contribution in [2.45, 2.75) is 23.3 Å². The van der Waals surface area contributed by atoms with E-state index >= 15 is 0 Å². The molecule has 0 spiro atoms. The van der Waals surface area contributed by atoms with E-state index in [1.54, 1.807) is 11.8 Å². The Morgan fingerprint density at radius 2 is 2.25 bits per heavy atom. The summed E-state index contributed by atoms with van der Waals surface area (Å²) in [6, 6.07) is 8.22. The maximum absolute atomic E-state index is 10.4. The summed E-state index contributed by atoms with van der Waals surface area (Å²) in [5, 5.41) is 12.4. The molecule has 0 saturated heterocycles. The van der Waals surface area contributed by atoms with Crippen LogP contribution in [0.2, 0.25) is 0 Å². The maximum atomic E-state index is 10.4. The summed E-state index contributed by atoms with van der Waals surface area (Å²) in [6.45, 7) is 2.05. The lowest BCUT2D eigenvalue weighted by atomic mass is 10.2. The summed E-state index contributed by atoms with van der Waals surface area (Å²) in [5.41, 5.74) is 1.22. The number of rotatable bonds is 7. The molecule has 5 nitrogen and oxygen atoms in total. The van der Waals surface area contributed by atoms with E-state index in [9.17, 15) is 4.79 Å². The number of aromatic nitrogens is 2. The minimum Gasteiger partial charge on any atom is -0.481 e. The van der Waals surface area contributed by atoms with Crippen molar-refractivity contribution in [2.75, 3.05) is 5.75 Å². The number of carboxylic acids is 1. The number of carboxylic acid groups (broad SMARTS) is 1. The zero-order valence-corrected chi connectivity index (χ0v) is 12.5. The highest BCUT2D eigenvalue weighted by atomic mass is 32.2. The largest absolute Gasteiger partial charge is 0.481 e. The molecule has 2 aromatic rings. The van der Waals surface area contributed by atoms with E-state index in [1.165, 1.54) is 17.3 Å². The number of benzene rings is 1. The van der Waals surface area contributed by atoms with Gasteiger partial charge in [-0.05, 0) is 19.1 Å². The summed E-state index contributed by atoms with van der Waals surface area (Å²) >= 11 is 2.89. The third-order valence-corrected chi connectivity index (χ3v) is 4.21. The topological polar surface area (TPSA) is 76.2 Å². The molecule has 0 aliphatic heterocycles. The van der Waals surface area contributed by atoms with Crippen molar-refractivity contribution in [3.8, 4) is 0 Å². The predicted molar refractivity (Wildman–Crippen MR) is 78.8 cm³/mol. The van der Waals surface area contributed by atoms with Gasteiger partial charge in [0, 0.05) is 4.90 Å². The van der Waals surface area contributed by atoms with E-state index < -0.39 is 5.97 Å². The molecule has 0 amide bonds. The number of thioether (sulfide) groups is 2. The van der Waals surface area contributed by atoms with Gasteiger partial charge in [0.25, 0.3) is 0 Å². The van der Waals surface area contributed by atoms with Crippen LogP contribution in [0, 0.1) is 6.92 Å². The van der Waals surface area contributed by atoms with Gasteiger partial charge in [0.05, 0.1) is 17.3 Å². The lowest BCUT2D eigenvalue weighted by Gasteiger charge is -1.99. The Morgan fingerprint density at radius 1 is 1.40 bits per heavy atom. The van der Waals surface area contributed by atoms with Gasteiger partial charge in [-0.15, -0.1) is 23.5 Å². The second kappa shape index (κ2) is 7.35. The van der Waals surface area contributed by atoms with Gasteiger partial charge < -0.3 is 9.63 Å². The van der Waals surface area contributed by atoms with Crippen LogP contribution in [0.1, 0.15) is 17.3 Å². The lowest BCUT2D eigenvalue weighted by molar-refractivity contribution is -0.133. The third kappa shape index (κ3) is 4.90. The fraction of sp³-hybridized carbons (Fsp3) is 0.308. The first-order valence-electron chi connectivity index (χ1n) is 5.94. The molecule has 1 heterocycles. The smallest absolute Gasteiger partial charge is 0.313 e. The van der Waals surface area contributed by atoms with E-state index in [-0.39, 0.29) is 5.75 Å². The molecule has 1 aromatic carbocycles. The van der Waals surface area contributed by atoms with Crippen LogP contribution >= 0.6 is 23.5 Å². The predicted octanol–water partition coefficient (Wildman–Crippen LogP) is 2.99. The third-order valence-electron chi connectivity index (χ3n) is 2.32. The van der Waals surface area contributed by atoms with Gasteiger partial charge in [0.1, 0.15) is 0 Å². The maximum Gasteiger partial charge on any atom is 0.313 e. The Bertz CT molecular complexity index is 587. The fourth-order valence-corrected chi connectivity index (χ4v) is 2.91. The molecule has 106 valence electrons. The Balaban J connectivity index is 1.82. The second-order valence-electron chi connectivity index (χ2n) is 4.10. The van der Waals surface area contributed by atoms with Crippen molar-refractivity contribution in [1.29, 1.82) is 0 Å². The Labute approximate surface area is 125 Å². The van der Waals surface area contributed by atoms with Crippen molar-refractivity contribution in [3.63, 3.8) is 0 Å². The van der Waals surface area contributed by atoms with Crippen molar-refractivity contribution in [1.82, 2.24) is 10.1 Å². The zero-order valence-electron chi connectivity index (χ0n) is 10.9. The minimum absolute atomic E-state index is 0.0375. The monoisotopic (exact) mass is 310 g/mol. The van der Waals surface area contributed by atoms with Crippen LogP contribution in [0.5, 0.6) is 0 Å². The van der Waals surface area contributed by atoms with E-state index in [0.717, 1.165) is 4.90 Å². The molecule has 0 radical (unpaired) electrons. The number of hydrogen-bond donors (Lipinski definition) is 1. The summed E-state index contributed by atoms with van der Waals surface area (Å²) in [7, 11) is 0. The average Bonchev–Trinajstić information content (AvgIpc) is 2.84. The quantitative estimate of drug-likeness (QED) is 0.788.